The summed E-state index contributed by atoms with van der Waals surface area (Å²) in [5.74, 6) is 0.594. The Labute approximate surface area is 74.7 Å². The zero-order chi connectivity index (χ0) is 9.56. The molecule has 0 fully saturated rings. The topological polar surface area (TPSA) is 55.1 Å². The summed E-state index contributed by atoms with van der Waals surface area (Å²) in [6.45, 7) is 6.71. The molecule has 0 aromatic rings. The minimum atomic E-state index is 0.0605. The highest BCUT2D eigenvalue weighted by molar-refractivity contribution is 5.76. The van der Waals surface area contributed by atoms with Gasteiger partial charge in [-0.2, -0.15) is 0 Å². The standard InChI is InChI=1S/C9H20N2O/c1-4-7(2)8(3)11-9(12)5-6-10/h7-8H,4-6,10H2,1-3H3,(H,11,12). The van der Waals surface area contributed by atoms with Gasteiger partial charge in [0.1, 0.15) is 0 Å². The Hall–Kier alpha value is -0.570. The van der Waals surface area contributed by atoms with E-state index in [1.807, 2.05) is 6.92 Å². The van der Waals surface area contributed by atoms with Crippen molar-refractivity contribution in [1.82, 2.24) is 5.32 Å². The first-order valence-electron chi connectivity index (χ1n) is 4.61. The van der Waals surface area contributed by atoms with E-state index < -0.39 is 0 Å². The lowest BCUT2D eigenvalue weighted by Crippen LogP contribution is -2.37. The summed E-state index contributed by atoms with van der Waals surface area (Å²) in [7, 11) is 0. The number of rotatable bonds is 5. The monoisotopic (exact) mass is 172 g/mol. The Morgan fingerprint density at radius 2 is 2.08 bits per heavy atom. The Bertz CT molecular complexity index is 136. The fraction of sp³-hybridized carbons (Fsp3) is 0.889. The van der Waals surface area contributed by atoms with E-state index >= 15 is 0 Å². The molecule has 72 valence electrons. The largest absolute Gasteiger partial charge is 0.353 e. The van der Waals surface area contributed by atoms with Crippen LogP contribution < -0.4 is 11.1 Å². The molecule has 0 saturated carbocycles. The fourth-order valence-corrected chi connectivity index (χ4v) is 0.953. The maximum atomic E-state index is 11.1. The van der Waals surface area contributed by atoms with Crippen LogP contribution in [-0.4, -0.2) is 18.5 Å². The molecule has 0 aliphatic heterocycles. The molecule has 0 rings (SSSR count). The number of nitrogens with one attached hydrogen (secondary N) is 1. The van der Waals surface area contributed by atoms with Crippen LogP contribution in [0.1, 0.15) is 33.6 Å². The normalized spacial score (nSPS) is 15.3. The third-order valence-corrected chi connectivity index (χ3v) is 2.26. The summed E-state index contributed by atoms with van der Waals surface area (Å²) in [5.41, 5.74) is 5.25. The predicted molar refractivity (Wildman–Crippen MR) is 50.7 cm³/mol. The second-order valence-electron chi connectivity index (χ2n) is 3.28. The lowest BCUT2D eigenvalue weighted by molar-refractivity contribution is -0.121. The minimum absolute atomic E-state index is 0.0605. The molecular weight excluding hydrogens is 152 g/mol. The summed E-state index contributed by atoms with van der Waals surface area (Å²) < 4.78 is 0. The second-order valence-corrected chi connectivity index (χ2v) is 3.28. The van der Waals surface area contributed by atoms with Gasteiger partial charge in [-0.3, -0.25) is 4.79 Å². The van der Waals surface area contributed by atoms with Crippen LogP contribution in [0.2, 0.25) is 0 Å². The van der Waals surface area contributed by atoms with Crippen LogP contribution in [0.25, 0.3) is 0 Å². The Balaban J connectivity index is 3.67. The van der Waals surface area contributed by atoms with Gasteiger partial charge in [0.2, 0.25) is 5.91 Å². The third kappa shape index (κ3) is 4.34. The number of carbonyl (C=O) groups is 1. The van der Waals surface area contributed by atoms with Crippen molar-refractivity contribution in [2.45, 2.75) is 39.7 Å². The van der Waals surface area contributed by atoms with Crippen LogP contribution in [0.4, 0.5) is 0 Å². The van der Waals surface area contributed by atoms with Gasteiger partial charge in [-0.15, -0.1) is 0 Å². The molecule has 0 aromatic heterocycles. The lowest BCUT2D eigenvalue weighted by Gasteiger charge is -2.19. The summed E-state index contributed by atoms with van der Waals surface area (Å²) >= 11 is 0. The quantitative estimate of drug-likeness (QED) is 0.647. The van der Waals surface area contributed by atoms with E-state index in [9.17, 15) is 4.79 Å². The number of hydrogen-bond acceptors (Lipinski definition) is 2. The molecule has 0 saturated heterocycles. The van der Waals surface area contributed by atoms with Gasteiger partial charge < -0.3 is 11.1 Å². The number of nitrogens with two attached hydrogens (primary N) is 1. The molecule has 2 unspecified atom stereocenters. The average molecular weight is 172 g/mol. The summed E-state index contributed by atoms with van der Waals surface area (Å²) in [4.78, 5) is 11.1. The zero-order valence-corrected chi connectivity index (χ0v) is 8.26. The van der Waals surface area contributed by atoms with E-state index in [0.29, 0.717) is 18.9 Å². The number of amides is 1. The molecular formula is C9H20N2O. The van der Waals surface area contributed by atoms with Crippen LogP contribution in [0.3, 0.4) is 0 Å². The molecule has 3 heteroatoms. The molecule has 0 radical (unpaired) electrons. The molecule has 0 aliphatic carbocycles. The van der Waals surface area contributed by atoms with Crippen LogP contribution in [-0.2, 0) is 4.79 Å². The fourth-order valence-electron chi connectivity index (χ4n) is 0.953. The smallest absolute Gasteiger partial charge is 0.221 e. The van der Waals surface area contributed by atoms with Crippen molar-refractivity contribution >= 4 is 5.91 Å². The van der Waals surface area contributed by atoms with Gasteiger partial charge in [0.25, 0.3) is 0 Å². The van der Waals surface area contributed by atoms with E-state index in [1.54, 1.807) is 0 Å². The van der Waals surface area contributed by atoms with E-state index in [2.05, 4.69) is 19.2 Å². The number of hydrogen-bond donors (Lipinski definition) is 2. The SMILES string of the molecule is CCC(C)C(C)NC(=O)CCN. The van der Waals surface area contributed by atoms with Gasteiger partial charge in [-0.05, 0) is 12.8 Å². The molecule has 1 amide bonds. The van der Waals surface area contributed by atoms with Crippen molar-refractivity contribution in [3.8, 4) is 0 Å². The molecule has 12 heavy (non-hydrogen) atoms. The predicted octanol–water partition coefficient (Wildman–Crippen LogP) is 0.886. The lowest BCUT2D eigenvalue weighted by atomic mass is 10.0. The van der Waals surface area contributed by atoms with Crippen molar-refractivity contribution in [2.75, 3.05) is 6.54 Å². The minimum Gasteiger partial charge on any atom is -0.353 e. The first-order chi connectivity index (χ1) is 5.61. The third-order valence-electron chi connectivity index (χ3n) is 2.26. The molecule has 3 N–H and O–H groups in total. The highest BCUT2D eigenvalue weighted by atomic mass is 16.1. The van der Waals surface area contributed by atoms with Gasteiger partial charge in [0, 0.05) is 19.0 Å². The zero-order valence-electron chi connectivity index (χ0n) is 8.26. The highest BCUT2D eigenvalue weighted by Gasteiger charge is 2.11. The van der Waals surface area contributed by atoms with Gasteiger partial charge in [0.05, 0.1) is 0 Å². The van der Waals surface area contributed by atoms with Crippen LogP contribution in [0.15, 0.2) is 0 Å². The molecule has 0 aliphatic rings. The molecule has 0 bridgehead atoms. The van der Waals surface area contributed by atoms with Crippen molar-refractivity contribution < 1.29 is 4.79 Å². The van der Waals surface area contributed by atoms with Crippen molar-refractivity contribution in [3.63, 3.8) is 0 Å². The van der Waals surface area contributed by atoms with Crippen molar-refractivity contribution in [3.05, 3.63) is 0 Å². The Kier molecular flexibility index (Phi) is 5.72. The van der Waals surface area contributed by atoms with Gasteiger partial charge in [-0.25, -0.2) is 0 Å². The maximum absolute atomic E-state index is 11.1. The summed E-state index contributed by atoms with van der Waals surface area (Å²) in [6, 6.07) is 0.258. The maximum Gasteiger partial charge on any atom is 0.221 e. The Morgan fingerprint density at radius 3 is 2.50 bits per heavy atom. The van der Waals surface area contributed by atoms with E-state index in [0.717, 1.165) is 6.42 Å². The first kappa shape index (κ1) is 11.4. The van der Waals surface area contributed by atoms with Crippen LogP contribution in [0, 0.1) is 5.92 Å². The van der Waals surface area contributed by atoms with E-state index in [4.69, 9.17) is 5.73 Å². The molecule has 0 spiro atoms. The van der Waals surface area contributed by atoms with Gasteiger partial charge in [-0.1, -0.05) is 20.3 Å². The molecule has 0 aromatic carbocycles. The summed E-state index contributed by atoms with van der Waals surface area (Å²) in [6.07, 6.45) is 1.52. The first-order valence-corrected chi connectivity index (χ1v) is 4.61. The highest BCUT2D eigenvalue weighted by Crippen LogP contribution is 2.06. The summed E-state index contributed by atoms with van der Waals surface area (Å²) in [5, 5.41) is 2.91. The Morgan fingerprint density at radius 1 is 1.50 bits per heavy atom. The second kappa shape index (κ2) is 6.00. The molecule has 3 nitrogen and oxygen atoms in total. The molecule has 2 atom stereocenters. The van der Waals surface area contributed by atoms with E-state index in [-0.39, 0.29) is 11.9 Å². The average Bonchev–Trinajstić information content (AvgIpc) is 2.03. The van der Waals surface area contributed by atoms with Crippen LogP contribution >= 0.6 is 0 Å². The molecule has 0 heterocycles. The van der Waals surface area contributed by atoms with E-state index in [1.165, 1.54) is 0 Å². The number of carbonyl (C=O) groups excluding carboxylic acids is 1. The van der Waals surface area contributed by atoms with Gasteiger partial charge in [0.15, 0.2) is 0 Å². The van der Waals surface area contributed by atoms with Crippen molar-refractivity contribution in [1.29, 1.82) is 0 Å². The van der Waals surface area contributed by atoms with Crippen molar-refractivity contribution in [2.24, 2.45) is 11.7 Å². The van der Waals surface area contributed by atoms with Gasteiger partial charge >= 0.3 is 0 Å². The van der Waals surface area contributed by atoms with Crippen LogP contribution in [0.5, 0.6) is 0 Å².